The molecule has 1 rings (SSSR count). The van der Waals surface area contributed by atoms with E-state index in [1.165, 1.54) is 7.05 Å². The Labute approximate surface area is 116 Å². The van der Waals surface area contributed by atoms with Crippen molar-refractivity contribution in [2.75, 3.05) is 26.0 Å². The van der Waals surface area contributed by atoms with Gasteiger partial charge < -0.3 is 10.2 Å². The zero-order chi connectivity index (χ0) is 16.4. The van der Waals surface area contributed by atoms with Gasteiger partial charge in [-0.1, -0.05) is 0 Å². The van der Waals surface area contributed by atoms with Gasteiger partial charge in [0.15, 0.2) is 0 Å². The van der Waals surface area contributed by atoms with E-state index in [2.05, 4.69) is 5.32 Å². The van der Waals surface area contributed by atoms with Gasteiger partial charge in [-0.3, -0.25) is 4.79 Å². The number of hydrogen-bond donors (Lipinski definition) is 1. The Balaban J connectivity index is 3.12. The summed E-state index contributed by atoms with van der Waals surface area (Å²) in [7, 11) is 2.14. The summed E-state index contributed by atoms with van der Waals surface area (Å²) in [4.78, 5) is 12.1. The third kappa shape index (κ3) is 4.54. The molecule has 0 saturated carbocycles. The fourth-order valence-electron chi connectivity index (χ4n) is 1.69. The Bertz CT molecular complexity index is 523. The molecule has 21 heavy (non-hydrogen) atoms. The van der Waals surface area contributed by atoms with Crippen LogP contribution in [0.2, 0.25) is 0 Å². The fourth-order valence-corrected chi connectivity index (χ4v) is 1.69. The van der Waals surface area contributed by atoms with Gasteiger partial charge in [-0.05, 0) is 18.2 Å². The van der Waals surface area contributed by atoms with Crippen LogP contribution in [-0.2, 0) is 6.18 Å². The molecular formula is C12H12F6N2O. The predicted molar refractivity (Wildman–Crippen MR) is 64.0 cm³/mol. The number of halogens is 6. The van der Waals surface area contributed by atoms with E-state index in [-0.39, 0.29) is 5.69 Å². The smallest absolute Gasteiger partial charge is 0.388 e. The lowest BCUT2D eigenvalue weighted by Gasteiger charge is -2.20. The van der Waals surface area contributed by atoms with E-state index in [4.69, 9.17) is 0 Å². The van der Waals surface area contributed by atoms with Crippen molar-refractivity contribution in [2.24, 2.45) is 0 Å². The lowest BCUT2D eigenvalue weighted by molar-refractivity contribution is -0.139. The largest absolute Gasteiger partial charge is 0.418 e. The molecule has 0 spiro atoms. The highest BCUT2D eigenvalue weighted by Gasteiger charge is 2.35. The van der Waals surface area contributed by atoms with E-state index >= 15 is 0 Å². The van der Waals surface area contributed by atoms with Crippen molar-refractivity contribution in [3.05, 3.63) is 29.3 Å². The number of amides is 1. The highest BCUT2D eigenvalue weighted by Crippen LogP contribution is 2.35. The van der Waals surface area contributed by atoms with Crippen LogP contribution in [-0.4, -0.2) is 37.6 Å². The SMILES string of the molecule is CNc1ccc(C(=O)N(C)CC(F)(F)F)cc1C(F)(F)F. The van der Waals surface area contributed by atoms with E-state index in [0.29, 0.717) is 11.0 Å². The second-order valence-electron chi connectivity index (χ2n) is 4.28. The number of anilines is 1. The number of benzene rings is 1. The minimum Gasteiger partial charge on any atom is -0.388 e. The Hall–Kier alpha value is -1.93. The summed E-state index contributed by atoms with van der Waals surface area (Å²) < 4.78 is 75.0. The van der Waals surface area contributed by atoms with Crippen LogP contribution in [0.1, 0.15) is 15.9 Å². The Morgan fingerprint density at radius 3 is 2.19 bits per heavy atom. The van der Waals surface area contributed by atoms with Gasteiger partial charge in [-0.25, -0.2) is 0 Å². The van der Waals surface area contributed by atoms with Crippen LogP contribution in [0, 0.1) is 0 Å². The molecule has 0 fully saturated rings. The van der Waals surface area contributed by atoms with Crippen molar-refractivity contribution >= 4 is 11.6 Å². The van der Waals surface area contributed by atoms with Gasteiger partial charge in [0.05, 0.1) is 5.56 Å². The molecule has 0 saturated heterocycles. The van der Waals surface area contributed by atoms with E-state index in [1.807, 2.05) is 0 Å². The molecule has 0 aliphatic rings. The van der Waals surface area contributed by atoms with Crippen LogP contribution < -0.4 is 5.32 Å². The number of nitrogens with one attached hydrogen (secondary N) is 1. The van der Waals surface area contributed by atoms with Gasteiger partial charge in [0.1, 0.15) is 6.54 Å². The zero-order valence-corrected chi connectivity index (χ0v) is 11.1. The quantitative estimate of drug-likeness (QED) is 0.868. The molecule has 0 unspecified atom stereocenters. The molecule has 0 aliphatic heterocycles. The maximum atomic E-state index is 12.8. The molecular weight excluding hydrogens is 302 g/mol. The van der Waals surface area contributed by atoms with E-state index < -0.39 is 35.9 Å². The van der Waals surface area contributed by atoms with Gasteiger partial charge in [-0.15, -0.1) is 0 Å². The second kappa shape index (κ2) is 5.82. The molecule has 0 bridgehead atoms. The van der Waals surface area contributed by atoms with Crippen LogP contribution >= 0.6 is 0 Å². The normalized spacial score (nSPS) is 12.2. The van der Waals surface area contributed by atoms with Crippen molar-refractivity contribution < 1.29 is 31.1 Å². The van der Waals surface area contributed by atoms with E-state index in [9.17, 15) is 31.1 Å². The van der Waals surface area contributed by atoms with Crippen LogP contribution in [0.5, 0.6) is 0 Å². The van der Waals surface area contributed by atoms with Crippen LogP contribution in [0.4, 0.5) is 32.0 Å². The molecule has 0 aromatic heterocycles. The number of alkyl halides is 6. The standard InChI is InChI=1S/C12H12F6N2O/c1-19-9-4-3-7(5-8(9)12(16,17)18)10(21)20(2)6-11(13,14)15/h3-5,19H,6H2,1-2H3. The molecule has 0 heterocycles. The number of rotatable bonds is 3. The fraction of sp³-hybridized carbons (Fsp3) is 0.417. The summed E-state index contributed by atoms with van der Waals surface area (Å²) >= 11 is 0. The van der Waals surface area contributed by atoms with Crippen molar-refractivity contribution in [1.82, 2.24) is 4.90 Å². The molecule has 0 atom stereocenters. The van der Waals surface area contributed by atoms with E-state index in [1.54, 1.807) is 0 Å². The van der Waals surface area contributed by atoms with Crippen molar-refractivity contribution in [3.8, 4) is 0 Å². The van der Waals surface area contributed by atoms with Crippen molar-refractivity contribution in [3.63, 3.8) is 0 Å². The van der Waals surface area contributed by atoms with E-state index in [0.717, 1.165) is 19.2 Å². The topological polar surface area (TPSA) is 32.3 Å². The summed E-state index contributed by atoms with van der Waals surface area (Å²) in [6.07, 6.45) is -9.35. The molecule has 9 heteroatoms. The molecule has 1 N–H and O–H groups in total. The predicted octanol–water partition coefficient (Wildman–Crippen LogP) is 3.38. The third-order valence-electron chi connectivity index (χ3n) is 2.60. The van der Waals surface area contributed by atoms with Crippen molar-refractivity contribution in [2.45, 2.75) is 12.4 Å². The van der Waals surface area contributed by atoms with Crippen LogP contribution in [0.15, 0.2) is 18.2 Å². The lowest BCUT2D eigenvalue weighted by atomic mass is 10.1. The van der Waals surface area contributed by atoms with Crippen LogP contribution in [0.25, 0.3) is 0 Å². The monoisotopic (exact) mass is 314 g/mol. The highest BCUT2D eigenvalue weighted by molar-refractivity contribution is 5.94. The summed E-state index contributed by atoms with van der Waals surface area (Å²) in [6.45, 7) is -1.54. The number of hydrogen-bond acceptors (Lipinski definition) is 2. The number of carbonyl (C=O) groups is 1. The highest BCUT2D eigenvalue weighted by atomic mass is 19.4. The molecule has 1 amide bonds. The Morgan fingerprint density at radius 2 is 1.76 bits per heavy atom. The lowest BCUT2D eigenvalue weighted by Crippen LogP contribution is -2.35. The second-order valence-corrected chi connectivity index (χ2v) is 4.28. The molecule has 1 aromatic carbocycles. The average Bonchev–Trinajstić information content (AvgIpc) is 2.34. The van der Waals surface area contributed by atoms with Gasteiger partial charge >= 0.3 is 12.4 Å². The average molecular weight is 314 g/mol. The van der Waals surface area contributed by atoms with Gasteiger partial charge in [0, 0.05) is 25.3 Å². The summed E-state index contributed by atoms with van der Waals surface area (Å²) in [6, 6.07) is 2.56. The Kier molecular flexibility index (Phi) is 4.75. The summed E-state index contributed by atoms with van der Waals surface area (Å²) in [5, 5.41) is 2.31. The van der Waals surface area contributed by atoms with Gasteiger partial charge in [0.2, 0.25) is 0 Å². The molecule has 0 aliphatic carbocycles. The first-order valence-electron chi connectivity index (χ1n) is 5.67. The molecule has 3 nitrogen and oxygen atoms in total. The zero-order valence-electron chi connectivity index (χ0n) is 11.1. The molecule has 118 valence electrons. The first-order chi connectivity index (χ1) is 9.45. The number of carbonyl (C=O) groups excluding carboxylic acids is 1. The minimum absolute atomic E-state index is 0.266. The third-order valence-corrected chi connectivity index (χ3v) is 2.60. The maximum absolute atomic E-state index is 12.8. The van der Waals surface area contributed by atoms with Gasteiger partial charge in [-0.2, -0.15) is 26.3 Å². The van der Waals surface area contributed by atoms with Crippen LogP contribution in [0.3, 0.4) is 0 Å². The Morgan fingerprint density at radius 1 is 1.19 bits per heavy atom. The summed E-state index contributed by atoms with van der Waals surface area (Å²) in [5.41, 5.74) is -1.85. The number of nitrogens with zero attached hydrogens (tertiary/aromatic N) is 1. The minimum atomic E-state index is -4.72. The molecule has 1 aromatic rings. The first-order valence-corrected chi connectivity index (χ1v) is 5.67. The first kappa shape index (κ1) is 17.1. The van der Waals surface area contributed by atoms with Gasteiger partial charge in [0.25, 0.3) is 5.91 Å². The molecule has 0 radical (unpaired) electrons. The summed E-state index contributed by atoms with van der Waals surface area (Å²) in [5.74, 6) is -1.14. The van der Waals surface area contributed by atoms with Crippen molar-refractivity contribution in [1.29, 1.82) is 0 Å². The maximum Gasteiger partial charge on any atom is 0.418 e.